The van der Waals surface area contributed by atoms with E-state index in [1.165, 1.54) is 27.8 Å². The Hall–Kier alpha value is -2.82. The molecular formula is C21H22F4N8O2S2. The summed E-state index contributed by atoms with van der Waals surface area (Å²) in [5, 5.41) is 6.93. The number of hydrogen-bond donors (Lipinski definition) is 2. The van der Waals surface area contributed by atoms with Crippen molar-refractivity contribution in [3.05, 3.63) is 29.5 Å². The van der Waals surface area contributed by atoms with E-state index in [1.54, 1.807) is 17.5 Å². The Bertz CT molecular complexity index is 1630. The highest BCUT2D eigenvalue weighted by Gasteiger charge is 2.43. The molecule has 3 N–H and O–H groups in total. The summed E-state index contributed by atoms with van der Waals surface area (Å²) < 4.78 is 88.2. The Morgan fingerprint density at radius 3 is 2.65 bits per heavy atom. The van der Waals surface area contributed by atoms with E-state index in [0.29, 0.717) is 29.7 Å². The number of nitrogens with zero attached hydrogens (tertiary/aromatic N) is 6. The number of halogens is 4. The van der Waals surface area contributed by atoms with E-state index >= 15 is 0 Å². The largest absolute Gasteiger partial charge is 0.362 e. The van der Waals surface area contributed by atoms with Gasteiger partial charge in [0, 0.05) is 36.9 Å². The summed E-state index contributed by atoms with van der Waals surface area (Å²) in [6.45, 7) is 1.17. The standard InChI is InChI=1S/C21H22F4N8O2S2/c1-20(2-3-20)30-37(34,35)12-6-13(31-9-11(26)8-21(24,25)10-31)15-14(7-12)33(18-27-4-5-32(15)18)19-29-28-17(36-19)16(22)23/h4-7,11,16,30H,2-3,8-10,26H2,1H3. The molecule has 10 nitrogen and oxygen atoms in total. The number of aromatic nitrogens is 5. The summed E-state index contributed by atoms with van der Waals surface area (Å²) in [4.78, 5) is 5.50. The third-order valence-corrected chi connectivity index (χ3v) is 9.16. The zero-order valence-electron chi connectivity index (χ0n) is 19.4. The van der Waals surface area contributed by atoms with Gasteiger partial charge in [0.05, 0.1) is 28.2 Å². The number of sulfonamides is 1. The molecule has 0 bridgehead atoms. The zero-order chi connectivity index (χ0) is 26.3. The van der Waals surface area contributed by atoms with Crippen molar-refractivity contribution in [1.82, 2.24) is 28.9 Å². The molecule has 16 heteroatoms. The molecule has 1 saturated carbocycles. The summed E-state index contributed by atoms with van der Waals surface area (Å²) in [5.74, 6) is -2.86. The molecule has 0 spiro atoms. The lowest BCUT2D eigenvalue weighted by molar-refractivity contribution is -0.0171. The highest BCUT2D eigenvalue weighted by atomic mass is 32.2. The first-order valence-corrected chi connectivity index (χ1v) is 13.7. The second-order valence-electron chi connectivity index (χ2n) is 9.83. The van der Waals surface area contributed by atoms with Crippen LogP contribution in [0.5, 0.6) is 0 Å². The van der Waals surface area contributed by atoms with Gasteiger partial charge in [-0.3, -0.25) is 8.97 Å². The molecule has 1 aliphatic carbocycles. The summed E-state index contributed by atoms with van der Waals surface area (Å²) >= 11 is 0.625. The van der Waals surface area contributed by atoms with Gasteiger partial charge in [0.1, 0.15) is 0 Å². The van der Waals surface area contributed by atoms with Gasteiger partial charge in [0.15, 0.2) is 5.01 Å². The highest BCUT2D eigenvalue weighted by Crippen LogP contribution is 2.40. The summed E-state index contributed by atoms with van der Waals surface area (Å²) in [7, 11) is -4.07. The van der Waals surface area contributed by atoms with Gasteiger partial charge in [-0.25, -0.2) is 35.7 Å². The second kappa shape index (κ2) is 8.09. The molecule has 1 aromatic carbocycles. The van der Waals surface area contributed by atoms with Crippen LogP contribution in [0.2, 0.25) is 0 Å². The van der Waals surface area contributed by atoms with E-state index in [4.69, 9.17) is 5.73 Å². The molecule has 4 heterocycles. The number of nitrogens with two attached hydrogens (primary N) is 1. The zero-order valence-corrected chi connectivity index (χ0v) is 21.0. The summed E-state index contributed by atoms with van der Waals surface area (Å²) in [6.07, 6.45) is 1.02. The first-order valence-electron chi connectivity index (χ1n) is 11.4. The van der Waals surface area contributed by atoms with Crippen molar-refractivity contribution in [2.75, 3.05) is 18.0 Å². The first-order chi connectivity index (χ1) is 17.4. The van der Waals surface area contributed by atoms with Gasteiger partial charge in [0.2, 0.25) is 20.9 Å². The predicted octanol–water partition coefficient (Wildman–Crippen LogP) is 3.07. The van der Waals surface area contributed by atoms with Crippen LogP contribution in [0.4, 0.5) is 23.2 Å². The third-order valence-electron chi connectivity index (χ3n) is 6.62. The Balaban J connectivity index is 1.63. The predicted molar refractivity (Wildman–Crippen MR) is 128 cm³/mol. The average Bonchev–Trinajstić information content (AvgIpc) is 3.18. The van der Waals surface area contributed by atoms with Gasteiger partial charge < -0.3 is 10.6 Å². The quantitative estimate of drug-likeness (QED) is 0.349. The number of anilines is 1. The van der Waals surface area contributed by atoms with Crippen molar-refractivity contribution >= 4 is 43.9 Å². The van der Waals surface area contributed by atoms with Crippen molar-refractivity contribution in [3.8, 4) is 5.13 Å². The number of rotatable bonds is 6. The Labute approximate surface area is 212 Å². The maximum absolute atomic E-state index is 14.6. The van der Waals surface area contributed by atoms with Crippen LogP contribution < -0.4 is 15.4 Å². The maximum atomic E-state index is 14.6. The Morgan fingerprint density at radius 2 is 2.00 bits per heavy atom. The van der Waals surface area contributed by atoms with E-state index in [0.717, 1.165) is 0 Å². The van der Waals surface area contributed by atoms with Crippen LogP contribution >= 0.6 is 11.3 Å². The number of fused-ring (bicyclic) bond motifs is 3. The molecule has 1 aliphatic heterocycles. The molecular weight excluding hydrogens is 536 g/mol. The van der Waals surface area contributed by atoms with Crippen LogP contribution in [-0.4, -0.2) is 63.2 Å². The molecule has 1 saturated heterocycles. The second-order valence-corrected chi connectivity index (χ2v) is 12.5. The smallest absolute Gasteiger partial charge is 0.291 e. The Kier molecular flexibility index (Phi) is 5.36. The molecule has 198 valence electrons. The van der Waals surface area contributed by atoms with Gasteiger partial charge in [-0.15, -0.1) is 10.2 Å². The number of hydrogen-bond acceptors (Lipinski definition) is 8. The lowest BCUT2D eigenvalue weighted by atomic mass is 10.0. The van der Waals surface area contributed by atoms with Crippen LogP contribution in [0, 0.1) is 0 Å². The van der Waals surface area contributed by atoms with Crippen molar-refractivity contribution < 1.29 is 26.0 Å². The molecule has 4 aromatic rings. The topological polar surface area (TPSA) is 123 Å². The number of benzene rings is 1. The average molecular weight is 559 g/mol. The van der Waals surface area contributed by atoms with Crippen molar-refractivity contribution in [3.63, 3.8) is 0 Å². The van der Waals surface area contributed by atoms with Crippen LogP contribution in [0.15, 0.2) is 29.4 Å². The third kappa shape index (κ3) is 4.24. The van der Waals surface area contributed by atoms with E-state index in [9.17, 15) is 26.0 Å². The monoisotopic (exact) mass is 558 g/mol. The van der Waals surface area contributed by atoms with Crippen molar-refractivity contribution in [2.24, 2.45) is 5.73 Å². The van der Waals surface area contributed by atoms with E-state index in [1.807, 2.05) is 0 Å². The van der Waals surface area contributed by atoms with Crippen LogP contribution in [0.3, 0.4) is 0 Å². The number of imidazole rings is 2. The fraction of sp³-hybridized carbons (Fsp3) is 0.476. The van der Waals surface area contributed by atoms with Crippen molar-refractivity contribution in [2.45, 2.75) is 55.0 Å². The fourth-order valence-electron chi connectivity index (χ4n) is 4.73. The van der Waals surface area contributed by atoms with Crippen LogP contribution in [0.1, 0.15) is 37.6 Å². The highest BCUT2D eigenvalue weighted by molar-refractivity contribution is 7.89. The lowest BCUT2D eigenvalue weighted by Gasteiger charge is -2.37. The van der Waals surface area contributed by atoms with E-state index < -0.39 is 51.9 Å². The van der Waals surface area contributed by atoms with Crippen molar-refractivity contribution in [1.29, 1.82) is 0 Å². The Morgan fingerprint density at radius 1 is 1.24 bits per heavy atom. The molecule has 6 rings (SSSR count). The lowest BCUT2D eigenvalue weighted by Crippen LogP contribution is -2.52. The summed E-state index contributed by atoms with van der Waals surface area (Å²) in [6, 6.07) is 1.87. The minimum absolute atomic E-state index is 0.0322. The van der Waals surface area contributed by atoms with E-state index in [2.05, 4.69) is 19.9 Å². The molecule has 0 amide bonds. The van der Waals surface area contributed by atoms with Gasteiger partial charge in [-0.1, -0.05) is 11.3 Å². The van der Waals surface area contributed by atoms with Crippen LogP contribution in [-0.2, 0) is 10.0 Å². The molecule has 37 heavy (non-hydrogen) atoms. The van der Waals surface area contributed by atoms with Crippen LogP contribution in [0.25, 0.3) is 21.9 Å². The first kappa shape index (κ1) is 24.5. The van der Waals surface area contributed by atoms with Gasteiger partial charge >= 0.3 is 0 Å². The number of nitrogens with one attached hydrogen (secondary N) is 1. The molecule has 1 atom stereocenters. The normalized spacial score (nSPS) is 21.4. The number of piperidine rings is 1. The van der Waals surface area contributed by atoms with Gasteiger partial charge in [0.25, 0.3) is 12.3 Å². The molecule has 2 aliphatic rings. The minimum atomic E-state index is -4.07. The maximum Gasteiger partial charge on any atom is 0.291 e. The number of alkyl halides is 4. The molecule has 1 unspecified atom stereocenters. The van der Waals surface area contributed by atoms with E-state index in [-0.39, 0.29) is 33.6 Å². The molecule has 0 radical (unpaired) electrons. The molecule has 3 aromatic heterocycles. The van der Waals surface area contributed by atoms with Gasteiger partial charge in [-0.05, 0) is 31.9 Å². The summed E-state index contributed by atoms with van der Waals surface area (Å²) in [5.41, 5.74) is 6.17. The minimum Gasteiger partial charge on any atom is -0.362 e. The molecule has 2 fully saturated rings. The van der Waals surface area contributed by atoms with Gasteiger partial charge in [-0.2, -0.15) is 0 Å². The fourth-order valence-corrected chi connectivity index (χ4v) is 6.94. The SMILES string of the molecule is CC1(NS(=O)(=O)c2cc(N3CC(N)CC(F)(F)C3)c3c(c2)n(-c2nnc(C(F)F)s2)c2nccn32)CC1.